The Labute approximate surface area is 89.6 Å². The number of benzene rings is 1. The van der Waals surface area contributed by atoms with Gasteiger partial charge >= 0.3 is 0 Å². The standard InChI is InChI=1S/C11H14ClNO/c1-3-14-11(13-2)8-9-6-4-5-7-10(9)12/h4-7H,3,8H2,1-2H3. The van der Waals surface area contributed by atoms with Crippen molar-refractivity contribution in [3.63, 3.8) is 0 Å². The maximum Gasteiger partial charge on any atom is 0.187 e. The number of hydrogen-bond donors (Lipinski definition) is 0. The van der Waals surface area contributed by atoms with Gasteiger partial charge in [-0.3, -0.25) is 4.99 Å². The van der Waals surface area contributed by atoms with Gasteiger partial charge in [0.15, 0.2) is 5.90 Å². The molecule has 1 aromatic rings. The van der Waals surface area contributed by atoms with Crippen LogP contribution in [0.5, 0.6) is 0 Å². The molecule has 0 radical (unpaired) electrons. The lowest BCUT2D eigenvalue weighted by molar-refractivity contribution is 0.319. The molecule has 2 nitrogen and oxygen atoms in total. The summed E-state index contributed by atoms with van der Waals surface area (Å²) in [6, 6.07) is 7.72. The summed E-state index contributed by atoms with van der Waals surface area (Å²) in [5, 5.41) is 0.758. The van der Waals surface area contributed by atoms with Gasteiger partial charge in [0.1, 0.15) is 0 Å². The summed E-state index contributed by atoms with van der Waals surface area (Å²) in [6.45, 7) is 2.58. The lowest BCUT2D eigenvalue weighted by atomic mass is 10.1. The Balaban J connectivity index is 2.72. The van der Waals surface area contributed by atoms with Crippen LogP contribution in [-0.4, -0.2) is 19.6 Å². The largest absolute Gasteiger partial charge is 0.481 e. The molecule has 0 heterocycles. The van der Waals surface area contributed by atoms with Crippen LogP contribution >= 0.6 is 11.6 Å². The minimum Gasteiger partial charge on any atom is -0.481 e. The molecule has 0 atom stereocenters. The van der Waals surface area contributed by atoms with E-state index in [9.17, 15) is 0 Å². The zero-order valence-corrected chi connectivity index (χ0v) is 9.21. The molecule has 1 aromatic carbocycles. The van der Waals surface area contributed by atoms with Gasteiger partial charge in [-0.2, -0.15) is 0 Å². The SMILES string of the molecule is CCOC(Cc1ccccc1Cl)=NC. The molecule has 0 saturated heterocycles. The van der Waals surface area contributed by atoms with Crippen LogP contribution in [-0.2, 0) is 11.2 Å². The zero-order chi connectivity index (χ0) is 10.4. The second-order valence-electron chi connectivity index (χ2n) is 2.82. The number of ether oxygens (including phenoxy) is 1. The first-order valence-corrected chi connectivity index (χ1v) is 4.97. The fourth-order valence-electron chi connectivity index (χ4n) is 1.17. The zero-order valence-electron chi connectivity index (χ0n) is 8.46. The van der Waals surface area contributed by atoms with Crippen LogP contribution in [0.3, 0.4) is 0 Å². The van der Waals surface area contributed by atoms with Crippen molar-refractivity contribution in [2.45, 2.75) is 13.3 Å². The minimum absolute atomic E-state index is 0.636. The lowest BCUT2D eigenvalue weighted by Crippen LogP contribution is -2.08. The van der Waals surface area contributed by atoms with E-state index in [4.69, 9.17) is 16.3 Å². The molecule has 0 amide bonds. The Kier molecular flexibility index (Phi) is 4.47. The molecule has 0 N–H and O–H groups in total. The first-order valence-electron chi connectivity index (χ1n) is 4.59. The van der Waals surface area contributed by atoms with Crippen LogP contribution in [0.1, 0.15) is 12.5 Å². The molecular formula is C11H14ClNO. The molecule has 3 heteroatoms. The lowest BCUT2D eigenvalue weighted by Gasteiger charge is -2.07. The van der Waals surface area contributed by atoms with E-state index in [0.717, 1.165) is 16.5 Å². The van der Waals surface area contributed by atoms with Crippen LogP contribution in [0, 0.1) is 0 Å². The van der Waals surface area contributed by atoms with Crippen LogP contribution in [0.25, 0.3) is 0 Å². The molecule has 0 aliphatic heterocycles. The van der Waals surface area contributed by atoms with Gasteiger partial charge in [0.05, 0.1) is 6.61 Å². The van der Waals surface area contributed by atoms with Crippen molar-refractivity contribution in [1.82, 2.24) is 0 Å². The molecule has 0 aliphatic carbocycles. The Morgan fingerprint density at radius 1 is 1.43 bits per heavy atom. The number of aliphatic imine (C=N–C) groups is 1. The molecule has 0 saturated carbocycles. The second-order valence-corrected chi connectivity index (χ2v) is 3.23. The van der Waals surface area contributed by atoms with E-state index < -0.39 is 0 Å². The van der Waals surface area contributed by atoms with E-state index in [2.05, 4.69) is 4.99 Å². The van der Waals surface area contributed by atoms with E-state index in [1.807, 2.05) is 31.2 Å². The van der Waals surface area contributed by atoms with Crippen molar-refractivity contribution in [2.75, 3.05) is 13.7 Å². The summed E-state index contributed by atoms with van der Waals surface area (Å²) in [4.78, 5) is 4.05. The Morgan fingerprint density at radius 2 is 2.14 bits per heavy atom. The topological polar surface area (TPSA) is 21.6 Å². The minimum atomic E-state index is 0.636. The molecule has 1 rings (SSSR count). The monoisotopic (exact) mass is 211 g/mol. The van der Waals surface area contributed by atoms with Gasteiger partial charge in [-0.05, 0) is 18.6 Å². The summed E-state index contributed by atoms with van der Waals surface area (Å²) >= 11 is 6.01. The van der Waals surface area contributed by atoms with Crippen LogP contribution in [0.4, 0.5) is 0 Å². The fraction of sp³-hybridized carbons (Fsp3) is 0.364. The van der Waals surface area contributed by atoms with Crippen molar-refractivity contribution in [2.24, 2.45) is 4.99 Å². The van der Waals surface area contributed by atoms with E-state index >= 15 is 0 Å². The molecule has 0 aliphatic rings. The molecule has 0 fully saturated rings. The van der Waals surface area contributed by atoms with E-state index in [1.165, 1.54) is 0 Å². The number of hydrogen-bond acceptors (Lipinski definition) is 2. The van der Waals surface area contributed by atoms with E-state index in [1.54, 1.807) is 7.05 Å². The molecule has 0 aromatic heterocycles. The Hall–Kier alpha value is -1.02. The maximum absolute atomic E-state index is 6.01. The van der Waals surface area contributed by atoms with Crippen molar-refractivity contribution in [3.8, 4) is 0 Å². The molecular weight excluding hydrogens is 198 g/mol. The highest BCUT2D eigenvalue weighted by atomic mass is 35.5. The maximum atomic E-state index is 6.01. The van der Waals surface area contributed by atoms with Gasteiger partial charge in [-0.1, -0.05) is 29.8 Å². The third-order valence-corrected chi connectivity index (χ3v) is 2.23. The van der Waals surface area contributed by atoms with Crippen LogP contribution in [0.15, 0.2) is 29.3 Å². The van der Waals surface area contributed by atoms with Crippen LogP contribution < -0.4 is 0 Å². The number of nitrogens with zero attached hydrogens (tertiary/aromatic N) is 1. The van der Waals surface area contributed by atoms with Gasteiger partial charge < -0.3 is 4.74 Å². The number of rotatable bonds is 3. The summed E-state index contributed by atoms with van der Waals surface area (Å²) in [7, 11) is 1.72. The van der Waals surface area contributed by atoms with Crippen LogP contribution in [0.2, 0.25) is 5.02 Å². The number of halogens is 1. The van der Waals surface area contributed by atoms with E-state index in [0.29, 0.717) is 13.0 Å². The normalized spacial score (nSPS) is 11.5. The molecule has 0 bridgehead atoms. The molecule has 0 unspecified atom stereocenters. The highest BCUT2D eigenvalue weighted by molar-refractivity contribution is 6.31. The first kappa shape index (κ1) is 11.1. The molecule has 14 heavy (non-hydrogen) atoms. The van der Waals surface area contributed by atoms with Gasteiger partial charge in [0, 0.05) is 18.5 Å². The molecule has 0 spiro atoms. The summed E-state index contributed by atoms with van der Waals surface area (Å²) in [6.07, 6.45) is 0.657. The Morgan fingerprint density at radius 3 is 2.71 bits per heavy atom. The van der Waals surface area contributed by atoms with Crippen molar-refractivity contribution < 1.29 is 4.74 Å². The summed E-state index contributed by atoms with van der Waals surface area (Å²) < 4.78 is 5.34. The summed E-state index contributed by atoms with van der Waals surface area (Å²) in [5.74, 6) is 0.723. The van der Waals surface area contributed by atoms with Gasteiger partial charge in [-0.15, -0.1) is 0 Å². The van der Waals surface area contributed by atoms with Gasteiger partial charge in [-0.25, -0.2) is 0 Å². The predicted molar refractivity (Wildman–Crippen MR) is 60.1 cm³/mol. The smallest absolute Gasteiger partial charge is 0.187 e. The van der Waals surface area contributed by atoms with Crippen molar-refractivity contribution in [3.05, 3.63) is 34.9 Å². The third kappa shape index (κ3) is 3.04. The predicted octanol–water partition coefficient (Wildman–Crippen LogP) is 2.95. The van der Waals surface area contributed by atoms with Gasteiger partial charge in [0.25, 0.3) is 0 Å². The third-order valence-electron chi connectivity index (χ3n) is 1.86. The van der Waals surface area contributed by atoms with Crippen molar-refractivity contribution >= 4 is 17.5 Å². The van der Waals surface area contributed by atoms with Crippen molar-refractivity contribution in [1.29, 1.82) is 0 Å². The average Bonchev–Trinajstić information content (AvgIpc) is 2.20. The van der Waals surface area contributed by atoms with E-state index in [-0.39, 0.29) is 0 Å². The Bertz CT molecular complexity index is 323. The first-order chi connectivity index (χ1) is 6.77. The molecule has 76 valence electrons. The average molecular weight is 212 g/mol. The summed E-state index contributed by atoms with van der Waals surface area (Å²) in [5.41, 5.74) is 1.04. The highest BCUT2D eigenvalue weighted by Gasteiger charge is 2.04. The van der Waals surface area contributed by atoms with Gasteiger partial charge in [0.2, 0.25) is 0 Å². The fourth-order valence-corrected chi connectivity index (χ4v) is 1.37. The highest BCUT2D eigenvalue weighted by Crippen LogP contribution is 2.15. The second kappa shape index (κ2) is 5.66. The quantitative estimate of drug-likeness (QED) is 0.557.